The smallest absolute Gasteiger partial charge is 0.280 e. The van der Waals surface area contributed by atoms with Gasteiger partial charge in [0.1, 0.15) is 0 Å². The molecule has 1 aromatic carbocycles. The number of nitrogens with zero attached hydrogens (tertiary/aromatic N) is 3. The molecule has 0 aliphatic carbocycles. The highest BCUT2D eigenvalue weighted by Crippen LogP contribution is 2.20. The summed E-state index contributed by atoms with van der Waals surface area (Å²) in [6.45, 7) is 3.89. The number of carbonyl (C=O) groups excluding carboxylic acids is 1. The van der Waals surface area contributed by atoms with Crippen LogP contribution in [0.25, 0.3) is 10.9 Å². The summed E-state index contributed by atoms with van der Waals surface area (Å²) in [7, 11) is 1.88. The lowest BCUT2D eigenvalue weighted by Gasteiger charge is -2.05. The summed E-state index contributed by atoms with van der Waals surface area (Å²) >= 11 is 1.45. The summed E-state index contributed by atoms with van der Waals surface area (Å²) < 4.78 is 1.84. The highest BCUT2D eigenvalue weighted by atomic mass is 32.1. The summed E-state index contributed by atoms with van der Waals surface area (Å²) in [6.07, 6.45) is 1.89. The van der Waals surface area contributed by atoms with E-state index in [1.807, 2.05) is 55.2 Å². The first-order valence-corrected chi connectivity index (χ1v) is 7.50. The third-order valence-electron chi connectivity index (χ3n) is 3.28. The maximum absolute atomic E-state index is 12.5. The van der Waals surface area contributed by atoms with Gasteiger partial charge in [-0.2, -0.15) is 4.99 Å². The van der Waals surface area contributed by atoms with Crippen LogP contribution in [0.5, 0.6) is 0 Å². The molecule has 0 bridgehead atoms. The summed E-state index contributed by atoms with van der Waals surface area (Å²) in [5.41, 5.74) is 3.36. The number of carbonyl (C=O) groups is 1. The number of fused-ring (bicyclic) bond motifs is 1. The first-order chi connectivity index (χ1) is 10.0. The van der Waals surface area contributed by atoms with Crippen LogP contribution in [-0.2, 0) is 7.05 Å². The quantitative estimate of drug-likeness (QED) is 0.693. The molecule has 0 N–H and O–H groups in total. The molecule has 0 unspecified atom stereocenters. The highest BCUT2D eigenvalue weighted by molar-refractivity contribution is 7.07. The molecule has 2 aromatic heterocycles. The van der Waals surface area contributed by atoms with E-state index in [0.717, 1.165) is 22.2 Å². The fraction of sp³-hybridized carbons (Fsp3) is 0.188. The molecule has 1 amide bonds. The maximum Gasteiger partial charge on any atom is 0.280 e. The number of aromatic nitrogens is 2. The van der Waals surface area contributed by atoms with Crippen LogP contribution in [0.1, 0.15) is 21.6 Å². The highest BCUT2D eigenvalue weighted by Gasteiger charge is 2.11. The van der Waals surface area contributed by atoms with Crippen LogP contribution in [0.2, 0.25) is 0 Å². The van der Waals surface area contributed by atoms with Gasteiger partial charge in [-0.3, -0.25) is 9.78 Å². The molecule has 2 heterocycles. The topological polar surface area (TPSA) is 47.2 Å². The molecule has 0 saturated heterocycles. The van der Waals surface area contributed by atoms with Crippen LogP contribution in [0, 0.1) is 13.8 Å². The minimum atomic E-state index is -0.228. The summed E-state index contributed by atoms with van der Waals surface area (Å²) in [6, 6.07) is 7.74. The van der Waals surface area contributed by atoms with Crippen molar-refractivity contribution in [3.63, 3.8) is 0 Å². The molecule has 0 fully saturated rings. The van der Waals surface area contributed by atoms with E-state index in [0.29, 0.717) is 10.4 Å². The normalized spacial score (nSPS) is 12.0. The van der Waals surface area contributed by atoms with Crippen molar-refractivity contribution < 1.29 is 4.79 Å². The van der Waals surface area contributed by atoms with Gasteiger partial charge in [0, 0.05) is 29.7 Å². The number of hydrogen-bond acceptors (Lipinski definition) is 3. The predicted octanol–water partition coefficient (Wildman–Crippen LogP) is 2.99. The van der Waals surface area contributed by atoms with Gasteiger partial charge in [-0.25, -0.2) is 0 Å². The van der Waals surface area contributed by atoms with Gasteiger partial charge in [0.25, 0.3) is 5.91 Å². The fourth-order valence-corrected chi connectivity index (χ4v) is 2.96. The molecule has 0 aliphatic heterocycles. The van der Waals surface area contributed by atoms with Gasteiger partial charge in [-0.05, 0) is 32.0 Å². The van der Waals surface area contributed by atoms with Gasteiger partial charge in [0.2, 0.25) is 0 Å². The molecule has 21 heavy (non-hydrogen) atoms. The van der Waals surface area contributed by atoms with Gasteiger partial charge >= 0.3 is 0 Å². The third-order valence-corrected chi connectivity index (χ3v) is 4.13. The van der Waals surface area contributed by atoms with Crippen LogP contribution >= 0.6 is 11.3 Å². The fourth-order valence-electron chi connectivity index (χ4n) is 2.23. The summed E-state index contributed by atoms with van der Waals surface area (Å²) in [5, 5.41) is 2.76. The maximum atomic E-state index is 12.5. The minimum Gasteiger partial charge on any atom is -0.327 e. The molecule has 0 spiro atoms. The van der Waals surface area contributed by atoms with Crippen molar-refractivity contribution in [3.8, 4) is 0 Å². The van der Waals surface area contributed by atoms with Crippen molar-refractivity contribution in [2.45, 2.75) is 13.8 Å². The molecule has 106 valence electrons. The zero-order valence-corrected chi connectivity index (χ0v) is 12.9. The predicted molar refractivity (Wildman–Crippen MR) is 84.4 cm³/mol. The Labute approximate surface area is 126 Å². The second-order valence-corrected chi connectivity index (χ2v) is 5.92. The zero-order valence-electron chi connectivity index (χ0n) is 12.1. The van der Waals surface area contributed by atoms with Crippen molar-refractivity contribution in [1.82, 2.24) is 9.55 Å². The van der Waals surface area contributed by atoms with Crippen molar-refractivity contribution in [3.05, 3.63) is 57.5 Å². The molecular formula is C16H15N3OS. The van der Waals surface area contributed by atoms with E-state index in [1.165, 1.54) is 11.3 Å². The van der Waals surface area contributed by atoms with E-state index >= 15 is 0 Å². The van der Waals surface area contributed by atoms with Gasteiger partial charge in [-0.1, -0.05) is 11.6 Å². The number of benzene rings is 1. The SMILES string of the molecule is Cc1ccc2nc(C)cc(C(=O)N=c3sccn3C)c2c1. The van der Waals surface area contributed by atoms with Crippen LogP contribution in [-0.4, -0.2) is 15.5 Å². The Bertz CT molecular complexity index is 905. The Morgan fingerprint density at radius 1 is 1.29 bits per heavy atom. The first kappa shape index (κ1) is 13.7. The van der Waals surface area contributed by atoms with Gasteiger partial charge in [-0.15, -0.1) is 11.3 Å². The lowest BCUT2D eigenvalue weighted by atomic mass is 10.1. The Kier molecular flexibility index (Phi) is 3.43. The number of thiazole rings is 1. The van der Waals surface area contributed by atoms with Crippen molar-refractivity contribution in [1.29, 1.82) is 0 Å². The van der Waals surface area contributed by atoms with Crippen LogP contribution in [0.3, 0.4) is 0 Å². The zero-order chi connectivity index (χ0) is 15.0. The first-order valence-electron chi connectivity index (χ1n) is 6.62. The molecule has 0 atom stereocenters. The number of aryl methyl sites for hydroxylation is 3. The van der Waals surface area contributed by atoms with E-state index in [4.69, 9.17) is 0 Å². The summed E-state index contributed by atoms with van der Waals surface area (Å²) in [5.74, 6) is -0.228. The molecule has 0 saturated carbocycles. The Hall–Kier alpha value is -2.27. The lowest BCUT2D eigenvalue weighted by Crippen LogP contribution is -2.13. The second kappa shape index (κ2) is 5.26. The number of pyridine rings is 1. The average molecular weight is 297 g/mol. The monoisotopic (exact) mass is 297 g/mol. The second-order valence-electron chi connectivity index (χ2n) is 5.05. The van der Waals surface area contributed by atoms with Gasteiger partial charge in [0.05, 0.1) is 11.1 Å². The molecule has 3 rings (SSSR count). The number of rotatable bonds is 1. The standard InChI is InChI=1S/C16H15N3OS/c1-10-4-5-14-12(8-10)13(9-11(2)17-14)15(20)18-16-19(3)6-7-21-16/h4-9H,1-3H3. The van der Waals surface area contributed by atoms with E-state index in [-0.39, 0.29) is 5.91 Å². The van der Waals surface area contributed by atoms with Crippen LogP contribution in [0.4, 0.5) is 0 Å². The van der Waals surface area contributed by atoms with Crippen LogP contribution in [0.15, 0.2) is 40.8 Å². The van der Waals surface area contributed by atoms with Crippen molar-refractivity contribution in [2.75, 3.05) is 0 Å². The van der Waals surface area contributed by atoms with E-state index in [9.17, 15) is 4.79 Å². The minimum absolute atomic E-state index is 0.228. The Balaban J connectivity index is 2.22. The number of hydrogen-bond donors (Lipinski definition) is 0. The third kappa shape index (κ3) is 2.64. The molecule has 3 aromatic rings. The molecule has 0 aliphatic rings. The van der Waals surface area contributed by atoms with Gasteiger partial charge < -0.3 is 4.57 Å². The van der Waals surface area contributed by atoms with E-state index in [1.54, 1.807) is 6.07 Å². The Morgan fingerprint density at radius 3 is 2.81 bits per heavy atom. The number of amides is 1. The largest absolute Gasteiger partial charge is 0.327 e. The summed E-state index contributed by atoms with van der Waals surface area (Å²) in [4.78, 5) is 21.9. The van der Waals surface area contributed by atoms with Crippen molar-refractivity contribution >= 4 is 28.1 Å². The Morgan fingerprint density at radius 2 is 2.10 bits per heavy atom. The molecule has 4 nitrogen and oxygen atoms in total. The average Bonchev–Trinajstić information content (AvgIpc) is 2.84. The molecule has 0 radical (unpaired) electrons. The van der Waals surface area contributed by atoms with E-state index in [2.05, 4.69) is 9.98 Å². The lowest BCUT2D eigenvalue weighted by molar-refractivity contribution is 0.0999. The molecule has 5 heteroatoms. The van der Waals surface area contributed by atoms with Gasteiger partial charge in [0.15, 0.2) is 4.80 Å². The van der Waals surface area contributed by atoms with E-state index < -0.39 is 0 Å². The van der Waals surface area contributed by atoms with Crippen LogP contribution < -0.4 is 4.80 Å². The molecular weight excluding hydrogens is 282 g/mol. The van der Waals surface area contributed by atoms with Crippen molar-refractivity contribution in [2.24, 2.45) is 12.0 Å².